The second kappa shape index (κ2) is 4.68. The van der Waals surface area contributed by atoms with Crippen LogP contribution >= 0.6 is 0 Å². The van der Waals surface area contributed by atoms with Gasteiger partial charge in [-0.2, -0.15) is 0 Å². The van der Waals surface area contributed by atoms with E-state index in [4.69, 9.17) is 5.73 Å². The molecular formula is C15H20N4. The molecule has 1 aromatic carbocycles. The molecule has 4 heteroatoms. The minimum absolute atomic E-state index is 0.617. The zero-order valence-corrected chi connectivity index (χ0v) is 11.5. The lowest BCUT2D eigenvalue weighted by Crippen LogP contribution is -2.30. The molecule has 0 bridgehead atoms. The molecule has 0 aliphatic heterocycles. The normalized spacial score (nSPS) is 15.1. The largest absolute Gasteiger partial charge is 0.399 e. The van der Waals surface area contributed by atoms with E-state index in [-0.39, 0.29) is 0 Å². The van der Waals surface area contributed by atoms with Crippen LogP contribution < -0.4 is 10.6 Å². The number of hydrogen-bond acceptors (Lipinski definition) is 4. The summed E-state index contributed by atoms with van der Waals surface area (Å²) in [7, 11) is 0. The smallest absolute Gasteiger partial charge is 0.140 e. The number of nitrogens with two attached hydrogens (primary N) is 1. The molecule has 1 aromatic heterocycles. The van der Waals surface area contributed by atoms with Crippen LogP contribution in [-0.2, 0) is 0 Å². The number of hydrogen-bond donors (Lipinski definition) is 1. The molecule has 1 heterocycles. The van der Waals surface area contributed by atoms with Crippen LogP contribution in [0.4, 0.5) is 11.5 Å². The average molecular weight is 256 g/mol. The van der Waals surface area contributed by atoms with Crippen molar-refractivity contribution in [1.29, 1.82) is 0 Å². The summed E-state index contributed by atoms with van der Waals surface area (Å²) in [6.07, 6.45) is 4.19. The number of aromatic nitrogens is 2. The molecule has 2 N–H and O–H groups in total. The van der Waals surface area contributed by atoms with Crippen molar-refractivity contribution in [2.45, 2.75) is 32.7 Å². The Bertz CT molecular complexity index is 590. The number of benzene rings is 1. The Hall–Kier alpha value is -1.84. The van der Waals surface area contributed by atoms with Gasteiger partial charge in [0.25, 0.3) is 0 Å². The van der Waals surface area contributed by atoms with Crippen molar-refractivity contribution in [3.05, 3.63) is 24.5 Å². The highest BCUT2D eigenvalue weighted by Gasteiger charge is 2.31. The number of anilines is 2. The summed E-state index contributed by atoms with van der Waals surface area (Å²) in [6, 6.07) is 6.49. The summed E-state index contributed by atoms with van der Waals surface area (Å²) in [5.74, 6) is 1.65. The number of fused-ring (bicyclic) bond motifs is 1. The summed E-state index contributed by atoms with van der Waals surface area (Å²) < 4.78 is 0. The van der Waals surface area contributed by atoms with Crippen LogP contribution in [0.25, 0.3) is 10.9 Å². The third kappa shape index (κ3) is 2.48. The standard InChI is InChI=1S/C15H20N4/c1-10(2)8-19(12-4-5-12)15-13-7-11(16)3-6-14(13)17-9-18-15/h3,6-7,9-10,12H,4-5,8,16H2,1-2H3. The van der Waals surface area contributed by atoms with Gasteiger partial charge in [0.05, 0.1) is 5.52 Å². The van der Waals surface area contributed by atoms with Crippen LogP contribution in [0.2, 0.25) is 0 Å². The van der Waals surface area contributed by atoms with Gasteiger partial charge in [-0.15, -0.1) is 0 Å². The van der Waals surface area contributed by atoms with Gasteiger partial charge in [0, 0.05) is 23.7 Å². The molecule has 1 fully saturated rings. The van der Waals surface area contributed by atoms with E-state index >= 15 is 0 Å². The lowest BCUT2D eigenvalue weighted by Gasteiger charge is -2.26. The summed E-state index contributed by atoms with van der Waals surface area (Å²) in [5.41, 5.74) is 7.65. The van der Waals surface area contributed by atoms with Crippen molar-refractivity contribution in [2.24, 2.45) is 5.92 Å². The third-order valence-electron chi connectivity index (χ3n) is 3.46. The first-order chi connectivity index (χ1) is 9.15. The van der Waals surface area contributed by atoms with Gasteiger partial charge in [-0.3, -0.25) is 0 Å². The van der Waals surface area contributed by atoms with E-state index in [1.165, 1.54) is 12.8 Å². The molecule has 1 saturated carbocycles. The Morgan fingerprint density at radius 2 is 2.11 bits per heavy atom. The Balaban J connectivity index is 2.08. The Morgan fingerprint density at radius 3 is 2.79 bits per heavy atom. The van der Waals surface area contributed by atoms with Crippen molar-refractivity contribution < 1.29 is 0 Å². The van der Waals surface area contributed by atoms with Crippen molar-refractivity contribution in [2.75, 3.05) is 17.2 Å². The van der Waals surface area contributed by atoms with Gasteiger partial charge in [0.15, 0.2) is 0 Å². The van der Waals surface area contributed by atoms with Gasteiger partial charge in [-0.1, -0.05) is 13.8 Å². The quantitative estimate of drug-likeness (QED) is 0.855. The summed E-state index contributed by atoms with van der Waals surface area (Å²) in [6.45, 7) is 5.52. The van der Waals surface area contributed by atoms with E-state index in [0.717, 1.165) is 29.0 Å². The van der Waals surface area contributed by atoms with Gasteiger partial charge < -0.3 is 10.6 Å². The fraction of sp³-hybridized carbons (Fsp3) is 0.467. The lowest BCUT2D eigenvalue weighted by molar-refractivity contribution is 0.604. The second-order valence-electron chi connectivity index (χ2n) is 5.75. The van der Waals surface area contributed by atoms with Crippen molar-refractivity contribution >= 4 is 22.4 Å². The summed E-state index contributed by atoms with van der Waals surface area (Å²) in [5, 5.41) is 1.06. The number of rotatable bonds is 4. The molecule has 2 aromatic rings. The van der Waals surface area contributed by atoms with E-state index in [0.29, 0.717) is 12.0 Å². The van der Waals surface area contributed by atoms with E-state index in [1.807, 2.05) is 18.2 Å². The molecule has 3 rings (SSSR count). The maximum Gasteiger partial charge on any atom is 0.140 e. The van der Waals surface area contributed by atoms with Crippen LogP contribution in [0.1, 0.15) is 26.7 Å². The molecule has 0 atom stereocenters. The summed E-state index contributed by atoms with van der Waals surface area (Å²) >= 11 is 0. The Labute approximate surface area is 113 Å². The first-order valence-corrected chi connectivity index (χ1v) is 6.92. The molecule has 1 aliphatic rings. The van der Waals surface area contributed by atoms with Crippen LogP contribution in [0, 0.1) is 5.92 Å². The van der Waals surface area contributed by atoms with Crippen molar-refractivity contribution in [3.63, 3.8) is 0 Å². The fourth-order valence-electron chi connectivity index (χ4n) is 2.48. The van der Waals surface area contributed by atoms with Gasteiger partial charge in [-0.25, -0.2) is 9.97 Å². The van der Waals surface area contributed by atoms with Crippen LogP contribution in [0.3, 0.4) is 0 Å². The molecular weight excluding hydrogens is 236 g/mol. The molecule has 1 aliphatic carbocycles. The first kappa shape index (κ1) is 12.2. The summed E-state index contributed by atoms with van der Waals surface area (Å²) in [4.78, 5) is 11.3. The van der Waals surface area contributed by atoms with Crippen LogP contribution in [0.15, 0.2) is 24.5 Å². The van der Waals surface area contributed by atoms with Gasteiger partial charge in [0.2, 0.25) is 0 Å². The molecule has 0 saturated heterocycles. The maximum atomic E-state index is 5.91. The second-order valence-corrected chi connectivity index (χ2v) is 5.75. The van der Waals surface area contributed by atoms with E-state index in [1.54, 1.807) is 6.33 Å². The average Bonchev–Trinajstić information content (AvgIpc) is 3.19. The van der Waals surface area contributed by atoms with Crippen LogP contribution in [0.5, 0.6) is 0 Å². The molecule has 100 valence electrons. The van der Waals surface area contributed by atoms with Crippen LogP contribution in [-0.4, -0.2) is 22.6 Å². The first-order valence-electron chi connectivity index (χ1n) is 6.92. The van der Waals surface area contributed by atoms with Crippen molar-refractivity contribution in [3.8, 4) is 0 Å². The fourth-order valence-corrected chi connectivity index (χ4v) is 2.48. The number of nitrogens with zero attached hydrogens (tertiary/aromatic N) is 3. The van der Waals surface area contributed by atoms with Gasteiger partial charge in [-0.05, 0) is 37.0 Å². The zero-order valence-electron chi connectivity index (χ0n) is 11.5. The van der Waals surface area contributed by atoms with E-state index in [9.17, 15) is 0 Å². The van der Waals surface area contributed by atoms with Gasteiger partial charge in [0.1, 0.15) is 12.1 Å². The highest BCUT2D eigenvalue weighted by Crippen LogP contribution is 2.34. The Kier molecular flexibility index (Phi) is 3.01. The number of nitrogen functional groups attached to an aromatic ring is 1. The highest BCUT2D eigenvalue weighted by atomic mass is 15.2. The van der Waals surface area contributed by atoms with Gasteiger partial charge >= 0.3 is 0 Å². The molecule has 0 amide bonds. The molecule has 0 unspecified atom stereocenters. The minimum atomic E-state index is 0.617. The monoisotopic (exact) mass is 256 g/mol. The predicted molar refractivity (Wildman–Crippen MR) is 79.2 cm³/mol. The van der Waals surface area contributed by atoms with E-state index in [2.05, 4.69) is 28.7 Å². The minimum Gasteiger partial charge on any atom is -0.399 e. The molecule has 0 spiro atoms. The molecule has 4 nitrogen and oxygen atoms in total. The lowest BCUT2D eigenvalue weighted by atomic mass is 10.1. The maximum absolute atomic E-state index is 5.91. The topological polar surface area (TPSA) is 55.0 Å². The SMILES string of the molecule is CC(C)CN(c1ncnc2ccc(N)cc12)C1CC1. The zero-order chi connectivity index (χ0) is 13.4. The third-order valence-corrected chi connectivity index (χ3v) is 3.46. The molecule has 0 radical (unpaired) electrons. The molecule has 19 heavy (non-hydrogen) atoms. The van der Waals surface area contributed by atoms with Crippen molar-refractivity contribution in [1.82, 2.24) is 9.97 Å². The Morgan fingerprint density at radius 1 is 1.32 bits per heavy atom. The predicted octanol–water partition coefficient (Wildman–Crippen LogP) is 2.84. The highest BCUT2D eigenvalue weighted by molar-refractivity contribution is 5.91. The van der Waals surface area contributed by atoms with E-state index < -0.39 is 0 Å².